The Bertz CT molecular complexity index is 281. The Morgan fingerprint density at radius 3 is 2.54 bits per heavy atom. The topological polar surface area (TPSA) is 0 Å². The average Bonchev–Trinajstić information content (AvgIpc) is 2.03. The Balaban J connectivity index is 2.74. The van der Waals surface area contributed by atoms with Crippen LogP contribution in [-0.4, -0.2) is 18.0 Å². The van der Waals surface area contributed by atoms with Crippen LogP contribution in [0.25, 0.3) is 0 Å². The standard InChI is InChI=1S/C11H17ClGe/c1-10-5-4-6-11(7-10)8-13(2,3)9-12/h4-7H,8-9H2,1-3H3. The summed E-state index contributed by atoms with van der Waals surface area (Å²) in [5, 5.41) is 1.24. The first-order valence-electron chi connectivity index (χ1n) is 4.65. The van der Waals surface area contributed by atoms with Crippen LogP contribution in [0.4, 0.5) is 0 Å². The van der Waals surface area contributed by atoms with Crippen LogP contribution in [0.1, 0.15) is 11.1 Å². The summed E-state index contributed by atoms with van der Waals surface area (Å²) in [5.41, 5.74) is 2.82. The SMILES string of the molecule is Cc1cccc([CH2][Ge]([CH3])([CH3])[CH2]Cl)c1. The fourth-order valence-corrected chi connectivity index (χ4v) is 4.89. The molecule has 0 heterocycles. The second-order valence-electron chi connectivity index (χ2n) is 4.46. The molecule has 2 heteroatoms. The number of halogens is 1. The van der Waals surface area contributed by atoms with E-state index in [4.69, 9.17) is 11.6 Å². The van der Waals surface area contributed by atoms with E-state index in [0.717, 1.165) is 4.71 Å². The van der Waals surface area contributed by atoms with Crippen molar-refractivity contribution in [3.05, 3.63) is 35.4 Å². The summed E-state index contributed by atoms with van der Waals surface area (Å²) in [6.45, 7) is 2.14. The predicted molar refractivity (Wildman–Crippen MR) is 63.1 cm³/mol. The van der Waals surface area contributed by atoms with Gasteiger partial charge < -0.3 is 0 Å². The van der Waals surface area contributed by atoms with Gasteiger partial charge in [-0.3, -0.25) is 0 Å². The van der Waals surface area contributed by atoms with E-state index >= 15 is 0 Å². The minimum absolute atomic E-state index is 0.897. The van der Waals surface area contributed by atoms with Crippen molar-refractivity contribution in [3.63, 3.8) is 0 Å². The van der Waals surface area contributed by atoms with Crippen molar-refractivity contribution in [3.8, 4) is 0 Å². The van der Waals surface area contributed by atoms with Crippen molar-refractivity contribution in [2.75, 3.05) is 4.71 Å². The minimum atomic E-state index is -1.66. The average molecular weight is 257 g/mol. The molecule has 0 radical (unpaired) electrons. The quantitative estimate of drug-likeness (QED) is 0.573. The molecule has 0 aromatic heterocycles. The Kier molecular flexibility index (Phi) is 3.87. The summed E-state index contributed by atoms with van der Waals surface area (Å²) in [6.07, 6.45) is 0. The first-order chi connectivity index (χ1) is 6.03. The summed E-state index contributed by atoms with van der Waals surface area (Å²) in [5.74, 6) is 4.77. The van der Waals surface area contributed by atoms with Crippen LogP contribution in [-0.2, 0) is 5.25 Å². The van der Waals surface area contributed by atoms with Crippen LogP contribution >= 0.6 is 11.6 Å². The molecule has 1 aromatic carbocycles. The van der Waals surface area contributed by atoms with Crippen molar-refractivity contribution in [2.45, 2.75) is 23.7 Å². The van der Waals surface area contributed by atoms with Crippen molar-refractivity contribution >= 4 is 24.9 Å². The summed E-state index contributed by atoms with van der Waals surface area (Å²) >= 11 is 4.31. The monoisotopic (exact) mass is 258 g/mol. The maximum atomic E-state index is 5.97. The number of hydrogen-bond donors (Lipinski definition) is 0. The van der Waals surface area contributed by atoms with E-state index in [2.05, 4.69) is 42.7 Å². The van der Waals surface area contributed by atoms with Gasteiger partial charge in [-0.05, 0) is 0 Å². The van der Waals surface area contributed by atoms with Gasteiger partial charge in [0.05, 0.1) is 0 Å². The van der Waals surface area contributed by atoms with Gasteiger partial charge in [0.2, 0.25) is 0 Å². The molecule has 0 bridgehead atoms. The molecular weight excluding hydrogens is 240 g/mol. The van der Waals surface area contributed by atoms with Gasteiger partial charge in [-0.25, -0.2) is 0 Å². The third kappa shape index (κ3) is 3.74. The molecule has 0 unspecified atom stereocenters. The van der Waals surface area contributed by atoms with Gasteiger partial charge in [-0.15, -0.1) is 0 Å². The zero-order valence-corrected chi connectivity index (χ0v) is 11.5. The summed E-state index contributed by atoms with van der Waals surface area (Å²) < 4.78 is 0.897. The molecule has 0 atom stereocenters. The van der Waals surface area contributed by atoms with Crippen LogP contribution < -0.4 is 0 Å². The van der Waals surface area contributed by atoms with Gasteiger partial charge in [0, 0.05) is 0 Å². The second-order valence-corrected chi connectivity index (χ2v) is 16.2. The third-order valence-electron chi connectivity index (χ3n) is 2.13. The van der Waals surface area contributed by atoms with E-state index < -0.39 is 13.3 Å². The summed E-state index contributed by atoms with van der Waals surface area (Å²) in [7, 11) is 0. The first kappa shape index (κ1) is 11.1. The van der Waals surface area contributed by atoms with Gasteiger partial charge in [0.1, 0.15) is 0 Å². The molecule has 0 aliphatic heterocycles. The van der Waals surface area contributed by atoms with Gasteiger partial charge >= 0.3 is 88.7 Å². The summed E-state index contributed by atoms with van der Waals surface area (Å²) in [4.78, 5) is 0. The Morgan fingerprint density at radius 1 is 1.31 bits per heavy atom. The van der Waals surface area contributed by atoms with Crippen LogP contribution in [0, 0.1) is 6.92 Å². The fraction of sp³-hybridized carbons (Fsp3) is 0.455. The van der Waals surface area contributed by atoms with Crippen LogP contribution in [0.5, 0.6) is 0 Å². The molecule has 0 saturated carbocycles. The first-order valence-corrected chi connectivity index (χ1v) is 12.3. The Labute approximate surface area is 88.7 Å². The van der Waals surface area contributed by atoms with Crippen LogP contribution in [0.3, 0.4) is 0 Å². The normalized spacial score (nSPS) is 11.7. The number of alkyl halides is 1. The zero-order valence-electron chi connectivity index (χ0n) is 8.60. The molecule has 13 heavy (non-hydrogen) atoms. The molecule has 0 saturated heterocycles. The maximum absolute atomic E-state index is 5.97. The van der Waals surface area contributed by atoms with Crippen molar-refractivity contribution in [1.29, 1.82) is 0 Å². The van der Waals surface area contributed by atoms with E-state index in [1.165, 1.54) is 16.4 Å². The molecule has 0 aliphatic rings. The zero-order chi connectivity index (χ0) is 9.90. The number of rotatable bonds is 3. The molecule has 1 aromatic rings. The molecule has 1 rings (SSSR count). The molecule has 72 valence electrons. The van der Waals surface area contributed by atoms with Gasteiger partial charge in [-0.1, -0.05) is 0 Å². The molecule has 0 nitrogen and oxygen atoms in total. The molecule has 0 N–H and O–H groups in total. The second kappa shape index (κ2) is 4.52. The van der Waals surface area contributed by atoms with Crippen molar-refractivity contribution in [1.82, 2.24) is 0 Å². The van der Waals surface area contributed by atoms with Crippen LogP contribution in [0.15, 0.2) is 24.3 Å². The molecular formula is C11H17ClGe. The molecule has 0 spiro atoms. The number of hydrogen-bond acceptors (Lipinski definition) is 0. The van der Waals surface area contributed by atoms with Gasteiger partial charge in [-0.2, -0.15) is 0 Å². The Hall–Kier alpha value is 0.0529. The van der Waals surface area contributed by atoms with E-state index in [0.29, 0.717) is 0 Å². The third-order valence-corrected chi connectivity index (χ3v) is 10.3. The van der Waals surface area contributed by atoms with E-state index in [-0.39, 0.29) is 0 Å². The van der Waals surface area contributed by atoms with Crippen molar-refractivity contribution < 1.29 is 0 Å². The van der Waals surface area contributed by atoms with E-state index in [9.17, 15) is 0 Å². The Morgan fingerprint density at radius 2 is 2.00 bits per heavy atom. The number of aryl methyl sites for hydroxylation is 1. The van der Waals surface area contributed by atoms with Crippen molar-refractivity contribution in [2.24, 2.45) is 0 Å². The van der Waals surface area contributed by atoms with Gasteiger partial charge in [0.15, 0.2) is 0 Å². The van der Waals surface area contributed by atoms with E-state index in [1.807, 2.05) is 0 Å². The fourth-order valence-electron chi connectivity index (χ4n) is 1.42. The number of benzene rings is 1. The molecule has 0 fully saturated rings. The molecule has 0 aliphatic carbocycles. The predicted octanol–water partition coefficient (Wildman–Crippen LogP) is 3.56. The van der Waals surface area contributed by atoms with E-state index in [1.54, 1.807) is 0 Å². The van der Waals surface area contributed by atoms with Gasteiger partial charge in [0.25, 0.3) is 0 Å². The van der Waals surface area contributed by atoms with Crippen LogP contribution in [0.2, 0.25) is 11.5 Å². The summed E-state index contributed by atoms with van der Waals surface area (Å²) in [6, 6.07) is 8.77. The molecule has 0 amide bonds.